The van der Waals surface area contributed by atoms with Crippen molar-refractivity contribution in [2.45, 2.75) is 6.92 Å². The van der Waals surface area contributed by atoms with Gasteiger partial charge in [0.1, 0.15) is 11.4 Å². The second kappa shape index (κ2) is 5.01. The van der Waals surface area contributed by atoms with E-state index in [0.29, 0.717) is 12.3 Å². The first-order valence-corrected chi connectivity index (χ1v) is 4.23. The average Bonchev–Trinajstić information content (AvgIpc) is 2.17. The first-order chi connectivity index (χ1) is 6.74. The Bertz CT molecular complexity index is 347. The molecule has 0 fully saturated rings. The molecule has 0 aliphatic heterocycles. The predicted molar refractivity (Wildman–Crippen MR) is 51.6 cm³/mol. The SMILES string of the molecule is CCOC(=O)C=Cc1ncccc1O. The van der Waals surface area contributed by atoms with Crippen LogP contribution in [0.4, 0.5) is 0 Å². The summed E-state index contributed by atoms with van der Waals surface area (Å²) in [5, 5.41) is 9.29. The molecule has 74 valence electrons. The van der Waals surface area contributed by atoms with Gasteiger partial charge in [0, 0.05) is 12.3 Å². The molecular formula is C10H11NO3. The zero-order valence-corrected chi connectivity index (χ0v) is 7.80. The van der Waals surface area contributed by atoms with Gasteiger partial charge >= 0.3 is 5.97 Å². The largest absolute Gasteiger partial charge is 0.506 e. The van der Waals surface area contributed by atoms with Crippen LogP contribution in [-0.2, 0) is 9.53 Å². The number of ether oxygens (including phenoxy) is 1. The molecule has 0 aliphatic rings. The minimum absolute atomic E-state index is 0.0352. The molecule has 0 saturated heterocycles. The third kappa shape index (κ3) is 2.90. The summed E-state index contributed by atoms with van der Waals surface area (Å²) >= 11 is 0. The summed E-state index contributed by atoms with van der Waals surface area (Å²) in [5.74, 6) is -0.411. The number of aromatic nitrogens is 1. The molecule has 1 aromatic rings. The summed E-state index contributed by atoms with van der Waals surface area (Å²) in [4.78, 5) is 14.8. The lowest BCUT2D eigenvalue weighted by atomic mass is 10.3. The Balaban J connectivity index is 2.69. The third-order valence-electron chi connectivity index (χ3n) is 1.48. The van der Waals surface area contributed by atoms with E-state index in [2.05, 4.69) is 9.72 Å². The zero-order chi connectivity index (χ0) is 10.4. The molecule has 14 heavy (non-hydrogen) atoms. The Kier molecular flexibility index (Phi) is 3.67. The standard InChI is InChI=1S/C10H11NO3/c1-2-14-10(13)6-5-8-9(12)4-3-7-11-8/h3-7,12H,2H2,1H3. The topological polar surface area (TPSA) is 59.4 Å². The number of nitrogens with zero attached hydrogens (tertiary/aromatic N) is 1. The van der Waals surface area contributed by atoms with E-state index in [1.807, 2.05) is 0 Å². The molecule has 1 N–H and O–H groups in total. The Morgan fingerprint density at radius 1 is 1.71 bits per heavy atom. The number of rotatable bonds is 3. The maximum atomic E-state index is 10.9. The highest BCUT2D eigenvalue weighted by atomic mass is 16.5. The van der Waals surface area contributed by atoms with E-state index in [4.69, 9.17) is 0 Å². The minimum atomic E-state index is -0.447. The van der Waals surface area contributed by atoms with E-state index in [1.165, 1.54) is 24.4 Å². The number of carbonyl (C=O) groups is 1. The summed E-state index contributed by atoms with van der Waals surface area (Å²) in [6, 6.07) is 3.11. The van der Waals surface area contributed by atoms with Gasteiger partial charge in [-0.3, -0.25) is 4.98 Å². The van der Waals surface area contributed by atoms with Crippen molar-refractivity contribution in [2.75, 3.05) is 6.61 Å². The van der Waals surface area contributed by atoms with Gasteiger partial charge in [-0.05, 0) is 25.1 Å². The molecule has 0 aromatic carbocycles. The first kappa shape index (κ1) is 10.2. The van der Waals surface area contributed by atoms with E-state index in [9.17, 15) is 9.90 Å². The summed E-state index contributed by atoms with van der Waals surface area (Å²) < 4.78 is 4.67. The molecule has 4 heteroatoms. The van der Waals surface area contributed by atoms with Crippen molar-refractivity contribution < 1.29 is 14.6 Å². The average molecular weight is 193 g/mol. The second-order valence-corrected chi connectivity index (χ2v) is 2.49. The van der Waals surface area contributed by atoms with Gasteiger partial charge in [-0.1, -0.05) is 0 Å². The van der Waals surface area contributed by atoms with Gasteiger partial charge in [0.2, 0.25) is 0 Å². The van der Waals surface area contributed by atoms with Gasteiger partial charge in [0.15, 0.2) is 0 Å². The highest BCUT2D eigenvalue weighted by Gasteiger charge is 1.98. The van der Waals surface area contributed by atoms with Gasteiger partial charge in [0.25, 0.3) is 0 Å². The van der Waals surface area contributed by atoms with Gasteiger partial charge in [-0.15, -0.1) is 0 Å². The lowest BCUT2D eigenvalue weighted by Crippen LogP contribution is -1.98. The van der Waals surface area contributed by atoms with Crippen molar-refractivity contribution >= 4 is 12.0 Å². The fourth-order valence-corrected chi connectivity index (χ4v) is 0.875. The van der Waals surface area contributed by atoms with Crippen molar-refractivity contribution in [3.63, 3.8) is 0 Å². The maximum Gasteiger partial charge on any atom is 0.330 e. The minimum Gasteiger partial charge on any atom is -0.506 e. The zero-order valence-electron chi connectivity index (χ0n) is 7.80. The lowest BCUT2D eigenvalue weighted by molar-refractivity contribution is -0.137. The van der Waals surface area contributed by atoms with Crippen LogP contribution in [0.3, 0.4) is 0 Å². The molecule has 0 bridgehead atoms. The van der Waals surface area contributed by atoms with Crippen LogP contribution in [-0.4, -0.2) is 22.7 Å². The van der Waals surface area contributed by atoms with E-state index < -0.39 is 5.97 Å². The van der Waals surface area contributed by atoms with Crippen LogP contribution in [0.25, 0.3) is 6.08 Å². The fourth-order valence-electron chi connectivity index (χ4n) is 0.875. The summed E-state index contributed by atoms with van der Waals surface area (Å²) in [7, 11) is 0. The molecule has 0 unspecified atom stereocenters. The molecule has 0 saturated carbocycles. The highest BCUT2D eigenvalue weighted by Crippen LogP contribution is 2.13. The molecule has 0 radical (unpaired) electrons. The molecule has 1 rings (SSSR count). The summed E-state index contributed by atoms with van der Waals surface area (Å²) in [6.07, 6.45) is 4.17. The van der Waals surface area contributed by atoms with Crippen LogP contribution >= 0.6 is 0 Å². The van der Waals surface area contributed by atoms with Crippen LogP contribution in [0.15, 0.2) is 24.4 Å². The Morgan fingerprint density at radius 3 is 3.14 bits per heavy atom. The van der Waals surface area contributed by atoms with Crippen molar-refractivity contribution in [3.05, 3.63) is 30.1 Å². The van der Waals surface area contributed by atoms with E-state index in [0.717, 1.165) is 0 Å². The number of aromatic hydroxyl groups is 1. The van der Waals surface area contributed by atoms with Crippen molar-refractivity contribution in [1.82, 2.24) is 4.98 Å². The normalized spacial score (nSPS) is 10.4. The molecule has 4 nitrogen and oxygen atoms in total. The number of pyridine rings is 1. The lowest BCUT2D eigenvalue weighted by Gasteiger charge is -1.96. The monoisotopic (exact) mass is 193 g/mol. The smallest absolute Gasteiger partial charge is 0.330 e. The van der Waals surface area contributed by atoms with Gasteiger partial charge in [-0.25, -0.2) is 4.79 Å². The quantitative estimate of drug-likeness (QED) is 0.581. The van der Waals surface area contributed by atoms with Crippen LogP contribution < -0.4 is 0 Å². The molecular weight excluding hydrogens is 182 g/mol. The molecule has 0 atom stereocenters. The Morgan fingerprint density at radius 2 is 2.50 bits per heavy atom. The number of carbonyl (C=O) groups excluding carboxylic acids is 1. The Hall–Kier alpha value is -1.84. The number of hydrogen-bond donors (Lipinski definition) is 1. The summed E-state index contributed by atoms with van der Waals surface area (Å²) in [5.41, 5.74) is 0.348. The van der Waals surface area contributed by atoms with Crippen molar-refractivity contribution in [1.29, 1.82) is 0 Å². The molecule has 1 heterocycles. The van der Waals surface area contributed by atoms with E-state index in [1.54, 1.807) is 13.0 Å². The molecule has 0 aliphatic carbocycles. The van der Waals surface area contributed by atoms with Crippen molar-refractivity contribution in [2.24, 2.45) is 0 Å². The van der Waals surface area contributed by atoms with Crippen LogP contribution in [0.1, 0.15) is 12.6 Å². The number of hydrogen-bond acceptors (Lipinski definition) is 4. The van der Waals surface area contributed by atoms with E-state index in [-0.39, 0.29) is 5.75 Å². The van der Waals surface area contributed by atoms with Crippen LogP contribution in [0, 0.1) is 0 Å². The van der Waals surface area contributed by atoms with E-state index >= 15 is 0 Å². The second-order valence-electron chi connectivity index (χ2n) is 2.49. The Labute approximate surface area is 81.9 Å². The highest BCUT2D eigenvalue weighted by molar-refractivity contribution is 5.87. The molecule has 1 aromatic heterocycles. The van der Waals surface area contributed by atoms with Crippen molar-refractivity contribution in [3.8, 4) is 5.75 Å². The maximum absolute atomic E-state index is 10.9. The van der Waals surface area contributed by atoms with Crippen LogP contribution in [0.5, 0.6) is 5.75 Å². The number of esters is 1. The van der Waals surface area contributed by atoms with Gasteiger partial charge < -0.3 is 9.84 Å². The first-order valence-electron chi connectivity index (χ1n) is 4.23. The van der Waals surface area contributed by atoms with Gasteiger partial charge in [-0.2, -0.15) is 0 Å². The molecule has 0 amide bonds. The predicted octanol–water partition coefficient (Wildman–Crippen LogP) is 1.36. The third-order valence-corrected chi connectivity index (χ3v) is 1.48. The summed E-state index contributed by atoms with van der Waals surface area (Å²) in [6.45, 7) is 2.06. The molecule has 0 spiro atoms. The fraction of sp³-hybridized carbons (Fsp3) is 0.200. The van der Waals surface area contributed by atoms with Gasteiger partial charge in [0.05, 0.1) is 6.61 Å². The van der Waals surface area contributed by atoms with Crippen LogP contribution in [0.2, 0.25) is 0 Å².